The van der Waals surface area contributed by atoms with Gasteiger partial charge in [-0.25, -0.2) is 13.8 Å². The number of hydrogen-bond acceptors (Lipinski definition) is 5. The first-order valence-electron chi connectivity index (χ1n) is 10.3. The van der Waals surface area contributed by atoms with Gasteiger partial charge in [0.25, 0.3) is 0 Å². The number of nitrogens with two attached hydrogens (primary N) is 1. The van der Waals surface area contributed by atoms with Crippen molar-refractivity contribution in [1.82, 2.24) is 4.98 Å². The Morgan fingerprint density at radius 1 is 1.03 bits per heavy atom. The highest BCUT2D eigenvalue weighted by Gasteiger charge is 2.57. The second-order valence-corrected chi connectivity index (χ2v) is 7.84. The van der Waals surface area contributed by atoms with Gasteiger partial charge in [-0.2, -0.15) is 0 Å². The number of amides is 3. The maximum atomic E-state index is 15.3. The maximum absolute atomic E-state index is 15.3. The van der Waals surface area contributed by atoms with Crippen molar-refractivity contribution in [3.63, 3.8) is 0 Å². The minimum atomic E-state index is -1.42. The second-order valence-electron chi connectivity index (χ2n) is 7.84. The van der Waals surface area contributed by atoms with Crippen molar-refractivity contribution >= 4 is 34.9 Å². The Labute approximate surface area is 193 Å². The fourth-order valence-electron chi connectivity index (χ4n) is 3.45. The van der Waals surface area contributed by atoms with Crippen LogP contribution >= 0.6 is 0 Å². The normalized spacial score (nSPS) is 13.6. The minimum Gasteiger partial charge on any atom is -0.457 e. The molecule has 0 bridgehead atoms. The van der Waals surface area contributed by atoms with E-state index in [1.54, 1.807) is 0 Å². The maximum Gasteiger partial charge on any atom is 0.247 e. The van der Waals surface area contributed by atoms with Crippen molar-refractivity contribution in [3.8, 4) is 11.5 Å². The van der Waals surface area contributed by atoms with E-state index in [0.29, 0.717) is 5.75 Å². The molecule has 0 saturated heterocycles. The molecular formula is C24H20F2N4O4. The first-order chi connectivity index (χ1) is 16.2. The van der Waals surface area contributed by atoms with Crippen LogP contribution in [0.15, 0.2) is 60.8 Å². The quantitative estimate of drug-likeness (QED) is 0.510. The molecule has 4 rings (SSSR count). The summed E-state index contributed by atoms with van der Waals surface area (Å²) >= 11 is 0. The van der Waals surface area contributed by atoms with E-state index in [2.05, 4.69) is 10.3 Å². The molecule has 0 spiro atoms. The van der Waals surface area contributed by atoms with Crippen LogP contribution in [-0.4, -0.2) is 22.7 Å². The first kappa shape index (κ1) is 22.8. The number of anilines is 3. The second kappa shape index (κ2) is 8.89. The molecule has 0 aliphatic heterocycles. The Hall–Kier alpha value is -4.34. The number of carbonyl (C=O) groups is 3. The standard InChI is InChI=1S/C24H20F2N4O4/c1-14(31)29-21-13-18(8-11-28-21)34-17-6-7-20(19(26)12-17)30(16-4-2-15(25)3-5-16)23(33)24(9-10-24)22(27)32/h2-8,11-13H,9-10H2,1H3,(H2,27,32)(H,28,29,31). The molecule has 2 aromatic carbocycles. The van der Waals surface area contributed by atoms with Gasteiger partial charge in [0.1, 0.15) is 28.5 Å². The van der Waals surface area contributed by atoms with Crippen LogP contribution in [0.2, 0.25) is 0 Å². The van der Waals surface area contributed by atoms with Gasteiger partial charge < -0.3 is 15.8 Å². The molecule has 3 amide bonds. The SMILES string of the molecule is CC(=O)Nc1cc(Oc2ccc(N(C(=O)C3(C(N)=O)CC3)c3ccc(F)cc3)c(F)c2)ccn1. The van der Waals surface area contributed by atoms with Crippen molar-refractivity contribution < 1.29 is 27.9 Å². The number of ether oxygens (including phenoxy) is 1. The highest BCUT2D eigenvalue weighted by Crippen LogP contribution is 2.49. The van der Waals surface area contributed by atoms with Crippen LogP contribution in [0.4, 0.5) is 26.0 Å². The third kappa shape index (κ3) is 4.56. The summed E-state index contributed by atoms with van der Waals surface area (Å²) in [5.74, 6) is -2.47. The number of nitrogens with one attached hydrogen (secondary N) is 1. The van der Waals surface area contributed by atoms with Crippen LogP contribution in [0, 0.1) is 17.0 Å². The zero-order valence-electron chi connectivity index (χ0n) is 18.0. The molecule has 174 valence electrons. The van der Waals surface area contributed by atoms with Crippen LogP contribution in [0.5, 0.6) is 11.5 Å². The zero-order chi connectivity index (χ0) is 24.5. The zero-order valence-corrected chi connectivity index (χ0v) is 18.0. The van der Waals surface area contributed by atoms with E-state index in [9.17, 15) is 18.8 Å². The predicted octanol–water partition coefficient (Wildman–Crippen LogP) is 4.04. The summed E-state index contributed by atoms with van der Waals surface area (Å²) < 4.78 is 34.4. The molecule has 1 aliphatic rings. The number of aromatic nitrogens is 1. The molecule has 1 heterocycles. The average molecular weight is 466 g/mol. The minimum absolute atomic E-state index is 0.115. The summed E-state index contributed by atoms with van der Waals surface area (Å²) in [5.41, 5.74) is 4.06. The molecule has 0 atom stereocenters. The monoisotopic (exact) mass is 466 g/mol. The molecule has 10 heteroatoms. The van der Waals surface area contributed by atoms with Gasteiger partial charge >= 0.3 is 0 Å². The number of hydrogen-bond donors (Lipinski definition) is 2. The third-order valence-electron chi connectivity index (χ3n) is 5.35. The van der Waals surface area contributed by atoms with E-state index in [0.717, 1.165) is 23.1 Å². The lowest BCUT2D eigenvalue weighted by atomic mass is 10.0. The molecule has 0 radical (unpaired) electrons. The molecule has 1 aromatic heterocycles. The van der Waals surface area contributed by atoms with E-state index in [4.69, 9.17) is 10.5 Å². The number of primary amides is 1. The van der Waals surface area contributed by atoms with Gasteiger partial charge in [-0.1, -0.05) is 0 Å². The van der Waals surface area contributed by atoms with Crippen molar-refractivity contribution in [2.24, 2.45) is 11.1 Å². The smallest absolute Gasteiger partial charge is 0.247 e. The van der Waals surface area contributed by atoms with Gasteiger partial charge in [0, 0.05) is 30.9 Å². The fraction of sp³-hybridized carbons (Fsp3) is 0.167. The lowest BCUT2D eigenvalue weighted by Crippen LogP contribution is -2.41. The number of pyridine rings is 1. The highest BCUT2D eigenvalue weighted by atomic mass is 19.1. The largest absolute Gasteiger partial charge is 0.457 e. The Morgan fingerprint density at radius 2 is 1.71 bits per heavy atom. The molecular weight excluding hydrogens is 446 g/mol. The third-order valence-corrected chi connectivity index (χ3v) is 5.35. The van der Waals surface area contributed by atoms with Crippen molar-refractivity contribution in [3.05, 3.63) is 72.4 Å². The lowest BCUT2D eigenvalue weighted by molar-refractivity contribution is -0.133. The molecule has 1 fully saturated rings. The molecule has 3 N–H and O–H groups in total. The van der Waals surface area contributed by atoms with E-state index in [1.807, 2.05) is 0 Å². The fourth-order valence-corrected chi connectivity index (χ4v) is 3.45. The summed E-state index contributed by atoms with van der Waals surface area (Å²) in [6.45, 7) is 1.33. The lowest BCUT2D eigenvalue weighted by Gasteiger charge is -2.27. The van der Waals surface area contributed by atoms with Crippen molar-refractivity contribution in [2.45, 2.75) is 19.8 Å². The van der Waals surface area contributed by atoms with Gasteiger partial charge in [-0.3, -0.25) is 19.3 Å². The predicted molar refractivity (Wildman–Crippen MR) is 119 cm³/mol. The Kier molecular flexibility index (Phi) is 5.97. The van der Waals surface area contributed by atoms with Crippen LogP contribution in [0.3, 0.4) is 0 Å². The highest BCUT2D eigenvalue weighted by molar-refractivity contribution is 6.16. The number of benzene rings is 2. The molecule has 1 aliphatic carbocycles. The summed E-state index contributed by atoms with van der Waals surface area (Å²) in [4.78, 5) is 41.5. The van der Waals surface area contributed by atoms with Crippen LogP contribution < -0.4 is 20.7 Å². The van der Waals surface area contributed by atoms with Crippen molar-refractivity contribution in [1.29, 1.82) is 0 Å². The van der Waals surface area contributed by atoms with E-state index >= 15 is 4.39 Å². The molecule has 3 aromatic rings. The number of rotatable bonds is 7. The van der Waals surface area contributed by atoms with Gasteiger partial charge in [-0.05, 0) is 55.3 Å². The van der Waals surface area contributed by atoms with E-state index in [1.165, 1.54) is 49.5 Å². The van der Waals surface area contributed by atoms with E-state index in [-0.39, 0.29) is 41.7 Å². The molecule has 1 saturated carbocycles. The molecule has 8 nitrogen and oxygen atoms in total. The van der Waals surface area contributed by atoms with Crippen LogP contribution in [0.1, 0.15) is 19.8 Å². The summed E-state index contributed by atoms with van der Waals surface area (Å²) in [6.07, 6.45) is 1.92. The van der Waals surface area contributed by atoms with Gasteiger partial charge in [0.15, 0.2) is 5.82 Å². The number of carbonyl (C=O) groups excluding carboxylic acids is 3. The summed E-state index contributed by atoms with van der Waals surface area (Å²) in [7, 11) is 0. The summed E-state index contributed by atoms with van der Waals surface area (Å²) in [5, 5.41) is 2.52. The Morgan fingerprint density at radius 3 is 2.29 bits per heavy atom. The number of nitrogens with zero attached hydrogens (tertiary/aromatic N) is 2. The van der Waals surface area contributed by atoms with Gasteiger partial charge in [-0.15, -0.1) is 0 Å². The average Bonchev–Trinajstić information content (AvgIpc) is 3.59. The number of halogens is 2. The first-order valence-corrected chi connectivity index (χ1v) is 10.3. The van der Waals surface area contributed by atoms with E-state index < -0.39 is 28.9 Å². The Balaban J connectivity index is 1.67. The van der Waals surface area contributed by atoms with Gasteiger partial charge in [0.05, 0.1) is 5.69 Å². The molecule has 34 heavy (non-hydrogen) atoms. The molecule has 0 unspecified atom stereocenters. The topological polar surface area (TPSA) is 115 Å². The Bertz CT molecular complexity index is 1280. The van der Waals surface area contributed by atoms with Crippen LogP contribution in [0.25, 0.3) is 0 Å². The van der Waals surface area contributed by atoms with Crippen molar-refractivity contribution in [2.75, 3.05) is 10.2 Å². The van der Waals surface area contributed by atoms with Crippen LogP contribution in [-0.2, 0) is 14.4 Å². The van der Waals surface area contributed by atoms with Gasteiger partial charge in [0.2, 0.25) is 17.7 Å². The summed E-state index contributed by atoms with van der Waals surface area (Å²) in [6, 6.07) is 11.7.